The highest BCUT2D eigenvalue weighted by molar-refractivity contribution is 5.86. The van der Waals surface area contributed by atoms with Crippen LogP contribution in [0.1, 0.15) is 12.5 Å². The Morgan fingerprint density at radius 3 is 2.60 bits per heavy atom. The number of ether oxygens (including phenoxy) is 1. The fraction of sp³-hybridized carbons (Fsp3) is 0.200. The number of carbonyl (C=O) groups excluding carboxylic acids is 1. The fourth-order valence-electron chi connectivity index (χ4n) is 2.76. The summed E-state index contributed by atoms with van der Waals surface area (Å²) in [5, 5.41) is 10.8. The Labute approximate surface area is 146 Å². The number of nitrogens with two attached hydrogens (primary N) is 1. The lowest BCUT2D eigenvalue weighted by atomic mass is 9.99. The predicted octanol–water partition coefficient (Wildman–Crippen LogP) is 2.69. The molecule has 0 radical (unpaired) electrons. The van der Waals surface area contributed by atoms with Crippen LogP contribution in [0.15, 0.2) is 54.6 Å². The minimum Gasteiger partial charge on any atom is -0.494 e. The quantitative estimate of drug-likeness (QED) is 0.725. The summed E-state index contributed by atoms with van der Waals surface area (Å²) >= 11 is 0. The van der Waals surface area contributed by atoms with Crippen LogP contribution in [-0.4, -0.2) is 28.7 Å². The van der Waals surface area contributed by atoms with Gasteiger partial charge in [-0.2, -0.15) is 0 Å². The predicted molar refractivity (Wildman–Crippen MR) is 97.3 cm³/mol. The van der Waals surface area contributed by atoms with Crippen molar-refractivity contribution in [3.05, 3.63) is 60.2 Å². The normalized spacial score (nSPS) is 12.1. The van der Waals surface area contributed by atoms with Crippen molar-refractivity contribution in [2.75, 3.05) is 6.61 Å². The number of rotatable bonds is 6. The molecule has 0 spiro atoms. The van der Waals surface area contributed by atoms with E-state index in [1.165, 1.54) is 0 Å². The minimum absolute atomic E-state index is 0.155. The first-order chi connectivity index (χ1) is 12.1. The van der Waals surface area contributed by atoms with Crippen molar-refractivity contribution in [2.24, 2.45) is 5.73 Å². The molecule has 3 aromatic rings. The van der Waals surface area contributed by atoms with Crippen LogP contribution in [0.2, 0.25) is 0 Å². The smallest absolute Gasteiger partial charge is 0.246 e. The van der Waals surface area contributed by atoms with Crippen LogP contribution in [0.4, 0.5) is 0 Å². The molecule has 5 heteroatoms. The second-order valence-corrected chi connectivity index (χ2v) is 5.76. The molecule has 0 bridgehead atoms. The number of aliphatic hydroxyl groups excluding tert-OH is 1. The first-order valence-corrected chi connectivity index (χ1v) is 8.17. The van der Waals surface area contributed by atoms with Crippen LogP contribution in [0.3, 0.4) is 0 Å². The van der Waals surface area contributed by atoms with Crippen LogP contribution in [0, 0.1) is 0 Å². The van der Waals surface area contributed by atoms with Crippen molar-refractivity contribution in [3.63, 3.8) is 0 Å². The lowest BCUT2D eigenvalue weighted by molar-refractivity contribution is -0.125. The average Bonchev–Trinajstić information content (AvgIpc) is 2.62. The zero-order valence-corrected chi connectivity index (χ0v) is 14.0. The van der Waals surface area contributed by atoms with E-state index in [2.05, 4.69) is 0 Å². The van der Waals surface area contributed by atoms with E-state index in [1.54, 1.807) is 0 Å². The number of aliphatic hydroxyl groups is 1. The van der Waals surface area contributed by atoms with Gasteiger partial charge in [-0.3, -0.25) is 4.79 Å². The van der Waals surface area contributed by atoms with Gasteiger partial charge in [0.05, 0.1) is 17.8 Å². The molecule has 1 amide bonds. The number of fused-ring (bicyclic) bond motifs is 1. The maximum Gasteiger partial charge on any atom is 0.246 e. The van der Waals surface area contributed by atoms with Crippen LogP contribution in [0.5, 0.6) is 5.75 Å². The fourth-order valence-corrected chi connectivity index (χ4v) is 2.76. The largest absolute Gasteiger partial charge is 0.494 e. The Morgan fingerprint density at radius 1 is 1.20 bits per heavy atom. The molecule has 0 aliphatic rings. The highest BCUT2D eigenvalue weighted by Crippen LogP contribution is 2.27. The number of carbonyl (C=O) groups is 1. The molecule has 1 aromatic heterocycles. The number of nitrogens with zero attached hydrogens (tertiary/aromatic N) is 1. The molecule has 128 valence electrons. The zero-order chi connectivity index (χ0) is 17.8. The van der Waals surface area contributed by atoms with Crippen molar-refractivity contribution < 1.29 is 14.6 Å². The third kappa shape index (κ3) is 3.78. The Bertz CT molecular complexity index is 891. The number of aromatic nitrogens is 1. The first-order valence-electron chi connectivity index (χ1n) is 8.17. The summed E-state index contributed by atoms with van der Waals surface area (Å²) < 4.78 is 5.46. The van der Waals surface area contributed by atoms with Gasteiger partial charge < -0.3 is 15.6 Å². The summed E-state index contributed by atoms with van der Waals surface area (Å²) in [5.74, 6) is 0.0694. The Morgan fingerprint density at radius 2 is 1.92 bits per heavy atom. The summed E-state index contributed by atoms with van der Waals surface area (Å²) in [6.45, 7) is 2.55. The van der Waals surface area contributed by atoms with Gasteiger partial charge >= 0.3 is 0 Å². The summed E-state index contributed by atoms with van der Waals surface area (Å²) in [5.41, 5.74) is 8.55. The molecule has 2 aromatic carbocycles. The van der Waals surface area contributed by atoms with Crippen molar-refractivity contribution >= 4 is 16.8 Å². The van der Waals surface area contributed by atoms with E-state index in [4.69, 9.17) is 15.5 Å². The van der Waals surface area contributed by atoms with Gasteiger partial charge in [0, 0.05) is 17.4 Å². The number of para-hydroxylation sites is 1. The summed E-state index contributed by atoms with van der Waals surface area (Å²) in [4.78, 5) is 15.9. The minimum atomic E-state index is -1.22. The molecule has 0 aliphatic heterocycles. The maximum atomic E-state index is 11.2. The third-order valence-electron chi connectivity index (χ3n) is 4.00. The zero-order valence-electron chi connectivity index (χ0n) is 14.0. The third-order valence-corrected chi connectivity index (χ3v) is 4.00. The maximum absolute atomic E-state index is 11.2. The topological polar surface area (TPSA) is 85.4 Å². The van der Waals surface area contributed by atoms with E-state index in [0.717, 1.165) is 33.5 Å². The van der Waals surface area contributed by atoms with E-state index in [9.17, 15) is 9.90 Å². The van der Waals surface area contributed by atoms with Gasteiger partial charge in [-0.25, -0.2) is 4.98 Å². The lowest BCUT2D eigenvalue weighted by Gasteiger charge is -2.12. The highest BCUT2D eigenvalue weighted by Gasteiger charge is 2.15. The molecule has 1 atom stereocenters. The standard InChI is InChI=1S/C20H20N2O3/c1-2-25-15-9-7-13(8-10-15)18-11-14(12-19(23)20(21)24)16-5-3-4-6-17(16)22-18/h3-11,19,23H,2,12H2,1H3,(H2,21,24). The van der Waals surface area contributed by atoms with E-state index < -0.39 is 12.0 Å². The Hall–Kier alpha value is -2.92. The van der Waals surface area contributed by atoms with Crippen molar-refractivity contribution in [2.45, 2.75) is 19.4 Å². The van der Waals surface area contributed by atoms with E-state index in [0.29, 0.717) is 6.61 Å². The van der Waals surface area contributed by atoms with Gasteiger partial charge in [0.1, 0.15) is 11.9 Å². The molecule has 0 saturated heterocycles. The second-order valence-electron chi connectivity index (χ2n) is 5.76. The molecule has 0 fully saturated rings. The van der Waals surface area contributed by atoms with Crippen molar-refractivity contribution in [1.29, 1.82) is 0 Å². The van der Waals surface area contributed by atoms with Crippen molar-refractivity contribution in [3.8, 4) is 17.0 Å². The van der Waals surface area contributed by atoms with Crippen LogP contribution >= 0.6 is 0 Å². The Balaban J connectivity index is 2.05. The molecule has 1 heterocycles. The van der Waals surface area contributed by atoms with Gasteiger partial charge in [-0.15, -0.1) is 0 Å². The first kappa shape index (κ1) is 16.9. The number of benzene rings is 2. The monoisotopic (exact) mass is 336 g/mol. The van der Waals surface area contributed by atoms with Gasteiger partial charge in [0.2, 0.25) is 5.91 Å². The highest BCUT2D eigenvalue weighted by atomic mass is 16.5. The summed E-state index contributed by atoms with van der Waals surface area (Å²) in [6.07, 6.45) is -1.07. The molecule has 0 saturated carbocycles. The van der Waals surface area contributed by atoms with E-state index in [-0.39, 0.29) is 6.42 Å². The van der Waals surface area contributed by atoms with Gasteiger partial charge in [0.15, 0.2) is 0 Å². The number of primary amides is 1. The van der Waals surface area contributed by atoms with E-state index >= 15 is 0 Å². The van der Waals surface area contributed by atoms with Gasteiger partial charge in [-0.1, -0.05) is 18.2 Å². The van der Waals surface area contributed by atoms with Crippen LogP contribution in [0.25, 0.3) is 22.2 Å². The number of pyridine rings is 1. The lowest BCUT2D eigenvalue weighted by Crippen LogP contribution is -2.30. The second kappa shape index (κ2) is 7.32. The van der Waals surface area contributed by atoms with Crippen LogP contribution < -0.4 is 10.5 Å². The molecule has 3 rings (SSSR count). The average molecular weight is 336 g/mol. The summed E-state index contributed by atoms with van der Waals surface area (Å²) in [7, 11) is 0. The van der Waals surface area contributed by atoms with E-state index in [1.807, 2.05) is 61.5 Å². The molecular weight excluding hydrogens is 316 g/mol. The van der Waals surface area contributed by atoms with Gasteiger partial charge in [0.25, 0.3) is 0 Å². The van der Waals surface area contributed by atoms with Crippen LogP contribution in [-0.2, 0) is 11.2 Å². The molecular formula is C20H20N2O3. The molecule has 3 N–H and O–H groups in total. The molecule has 25 heavy (non-hydrogen) atoms. The Kier molecular flexibility index (Phi) is 4.95. The van der Waals surface area contributed by atoms with Gasteiger partial charge in [-0.05, 0) is 48.9 Å². The number of amides is 1. The SMILES string of the molecule is CCOc1ccc(-c2cc(CC(O)C(N)=O)c3ccccc3n2)cc1. The van der Waals surface area contributed by atoms with Crippen molar-refractivity contribution in [1.82, 2.24) is 4.98 Å². The molecule has 5 nitrogen and oxygen atoms in total. The number of hydrogen-bond acceptors (Lipinski definition) is 4. The molecule has 1 unspecified atom stereocenters. The summed E-state index contributed by atoms with van der Waals surface area (Å²) in [6, 6.07) is 17.2. The molecule has 0 aliphatic carbocycles. The number of hydrogen-bond donors (Lipinski definition) is 2.